The fraction of sp³-hybridized carbons (Fsp3) is 0.562. The van der Waals surface area contributed by atoms with Gasteiger partial charge in [-0.3, -0.25) is 0 Å². The van der Waals surface area contributed by atoms with Gasteiger partial charge in [0.1, 0.15) is 5.82 Å². The van der Waals surface area contributed by atoms with Crippen LogP contribution in [-0.4, -0.2) is 27.7 Å². The van der Waals surface area contributed by atoms with E-state index in [0.29, 0.717) is 0 Å². The molecule has 5 heteroatoms. The molecule has 0 aromatic carbocycles. The van der Waals surface area contributed by atoms with Crippen LogP contribution in [0.25, 0.3) is 5.65 Å². The Labute approximate surface area is 125 Å². The molecule has 0 bridgehead atoms. The van der Waals surface area contributed by atoms with Gasteiger partial charge < -0.3 is 4.90 Å². The number of aryl methyl sites for hydroxylation is 3. The average Bonchev–Trinajstić information content (AvgIpc) is 2.81. The molecule has 0 unspecified atom stereocenters. The van der Waals surface area contributed by atoms with Crippen LogP contribution in [0.3, 0.4) is 0 Å². The predicted molar refractivity (Wildman–Crippen MR) is 82.4 cm³/mol. The Morgan fingerprint density at radius 2 is 2.24 bits per heavy atom. The summed E-state index contributed by atoms with van der Waals surface area (Å²) in [6, 6.07) is 4.53. The minimum absolute atomic E-state index is 0.116. The van der Waals surface area contributed by atoms with Crippen molar-refractivity contribution in [3.63, 3.8) is 0 Å². The lowest BCUT2D eigenvalue weighted by atomic mass is 10.00. The zero-order valence-electron chi connectivity index (χ0n) is 12.9. The zero-order valence-corrected chi connectivity index (χ0v) is 12.9. The maximum absolute atomic E-state index is 9.21. The number of aromatic nitrogens is 3. The third-order valence-electron chi connectivity index (χ3n) is 4.38. The Morgan fingerprint density at radius 1 is 1.43 bits per heavy atom. The highest BCUT2D eigenvalue weighted by Gasteiger charge is 2.23. The lowest BCUT2D eigenvalue weighted by molar-refractivity contribution is 0.487. The first-order valence-corrected chi connectivity index (χ1v) is 7.64. The van der Waals surface area contributed by atoms with E-state index in [2.05, 4.69) is 36.0 Å². The number of nitriles is 1. The van der Waals surface area contributed by atoms with Crippen LogP contribution in [0.15, 0.2) is 6.07 Å². The lowest BCUT2D eigenvalue weighted by Gasteiger charge is -2.31. The number of anilines is 1. The van der Waals surface area contributed by atoms with Gasteiger partial charge in [0, 0.05) is 30.4 Å². The van der Waals surface area contributed by atoms with Crippen LogP contribution in [0.5, 0.6) is 0 Å². The Hall–Kier alpha value is -2.09. The summed E-state index contributed by atoms with van der Waals surface area (Å²) in [5.74, 6) is 1.19. The molecule has 0 saturated carbocycles. The van der Waals surface area contributed by atoms with Gasteiger partial charge in [0.25, 0.3) is 0 Å². The van der Waals surface area contributed by atoms with Crippen LogP contribution in [0.1, 0.15) is 36.7 Å². The standard InChI is InChI=1S/C16H21N5/c1-4-14-8-15(20-7-5-6-13(9-17)10-20)21-16(18-14)11(2)12(3)19-21/h8,13H,4-7,10H2,1-3H3/t13-/m1/s1. The molecule has 21 heavy (non-hydrogen) atoms. The van der Waals surface area contributed by atoms with Gasteiger partial charge in [0.05, 0.1) is 17.7 Å². The van der Waals surface area contributed by atoms with Gasteiger partial charge in [-0.2, -0.15) is 14.9 Å². The molecule has 1 atom stereocenters. The molecular formula is C16H21N5. The van der Waals surface area contributed by atoms with Gasteiger partial charge >= 0.3 is 0 Å². The van der Waals surface area contributed by atoms with Crippen molar-refractivity contribution in [1.82, 2.24) is 14.6 Å². The first-order valence-electron chi connectivity index (χ1n) is 7.64. The van der Waals surface area contributed by atoms with E-state index >= 15 is 0 Å². The van der Waals surface area contributed by atoms with E-state index in [1.54, 1.807) is 0 Å². The van der Waals surface area contributed by atoms with Gasteiger partial charge in [0.2, 0.25) is 0 Å². The maximum Gasteiger partial charge on any atom is 0.160 e. The highest BCUT2D eigenvalue weighted by atomic mass is 15.4. The molecule has 0 amide bonds. The van der Waals surface area contributed by atoms with Crippen molar-refractivity contribution < 1.29 is 0 Å². The van der Waals surface area contributed by atoms with Crippen molar-refractivity contribution in [2.75, 3.05) is 18.0 Å². The lowest BCUT2D eigenvalue weighted by Crippen LogP contribution is -2.36. The second kappa shape index (κ2) is 5.36. The normalized spacial score (nSPS) is 19.0. The first-order chi connectivity index (χ1) is 10.1. The van der Waals surface area contributed by atoms with Gasteiger partial charge in [-0.25, -0.2) is 4.98 Å². The monoisotopic (exact) mass is 283 g/mol. The number of nitrogens with zero attached hydrogens (tertiary/aromatic N) is 5. The van der Waals surface area contributed by atoms with Gasteiger partial charge in [0.15, 0.2) is 5.65 Å². The Bertz CT molecular complexity index is 710. The number of hydrogen-bond acceptors (Lipinski definition) is 4. The summed E-state index contributed by atoms with van der Waals surface area (Å²) < 4.78 is 1.95. The summed E-state index contributed by atoms with van der Waals surface area (Å²) in [6.45, 7) is 7.99. The fourth-order valence-corrected chi connectivity index (χ4v) is 2.96. The molecule has 1 saturated heterocycles. The predicted octanol–water partition coefficient (Wildman–Crippen LogP) is 2.65. The van der Waals surface area contributed by atoms with Gasteiger partial charge in [-0.1, -0.05) is 6.92 Å². The quantitative estimate of drug-likeness (QED) is 0.850. The van der Waals surface area contributed by atoms with E-state index in [4.69, 9.17) is 4.98 Å². The fourth-order valence-electron chi connectivity index (χ4n) is 2.96. The molecule has 0 aliphatic carbocycles. The molecule has 3 rings (SSSR count). The third kappa shape index (κ3) is 2.35. The summed E-state index contributed by atoms with van der Waals surface area (Å²) in [5, 5.41) is 13.9. The largest absolute Gasteiger partial charge is 0.355 e. The smallest absolute Gasteiger partial charge is 0.160 e. The van der Waals surface area contributed by atoms with Crippen molar-refractivity contribution in [3.05, 3.63) is 23.0 Å². The molecule has 1 fully saturated rings. The topological polar surface area (TPSA) is 57.2 Å². The van der Waals surface area contributed by atoms with E-state index in [1.807, 2.05) is 11.4 Å². The van der Waals surface area contributed by atoms with Crippen LogP contribution < -0.4 is 4.90 Å². The van der Waals surface area contributed by atoms with Crippen molar-refractivity contribution in [1.29, 1.82) is 5.26 Å². The van der Waals surface area contributed by atoms with Crippen molar-refractivity contribution in [2.45, 2.75) is 40.0 Å². The molecule has 2 aromatic heterocycles. The Morgan fingerprint density at radius 3 is 2.95 bits per heavy atom. The molecule has 2 aromatic rings. The minimum Gasteiger partial charge on any atom is -0.355 e. The highest BCUT2D eigenvalue weighted by Crippen LogP contribution is 2.26. The zero-order chi connectivity index (χ0) is 15.0. The maximum atomic E-state index is 9.21. The summed E-state index contributed by atoms with van der Waals surface area (Å²) in [7, 11) is 0. The molecule has 0 radical (unpaired) electrons. The molecule has 1 aliphatic heterocycles. The summed E-state index contributed by atoms with van der Waals surface area (Å²) in [4.78, 5) is 7.01. The molecule has 1 aliphatic rings. The van der Waals surface area contributed by atoms with E-state index < -0.39 is 0 Å². The van der Waals surface area contributed by atoms with Crippen LogP contribution in [0.2, 0.25) is 0 Å². The van der Waals surface area contributed by atoms with Crippen LogP contribution in [-0.2, 0) is 6.42 Å². The number of fused-ring (bicyclic) bond motifs is 1. The number of hydrogen-bond donors (Lipinski definition) is 0. The first kappa shape index (κ1) is 13.9. The Kier molecular flexibility index (Phi) is 3.54. The van der Waals surface area contributed by atoms with Gasteiger partial charge in [-0.15, -0.1) is 0 Å². The van der Waals surface area contributed by atoms with E-state index in [0.717, 1.165) is 60.8 Å². The third-order valence-corrected chi connectivity index (χ3v) is 4.38. The van der Waals surface area contributed by atoms with Gasteiger partial charge in [-0.05, 0) is 33.1 Å². The molecule has 5 nitrogen and oxygen atoms in total. The molecule has 110 valence electrons. The number of piperidine rings is 1. The average molecular weight is 283 g/mol. The second-order valence-electron chi connectivity index (χ2n) is 5.82. The highest BCUT2D eigenvalue weighted by molar-refractivity contribution is 5.57. The molecular weight excluding hydrogens is 262 g/mol. The van der Waals surface area contributed by atoms with Crippen LogP contribution >= 0.6 is 0 Å². The summed E-state index contributed by atoms with van der Waals surface area (Å²) in [6.07, 6.45) is 2.96. The van der Waals surface area contributed by atoms with E-state index in [1.165, 1.54) is 0 Å². The minimum atomic E-state index is 0.116. The summed E-state index contributed by atoms with van der Waals surface area (Å²) >= 11 is 0. The summed E-state index contributed by atoms with van der Waals surface area (Å²) in [5.41, 5.74) is 4.19. The Balaban J connectivity index is 2.12. The second-order valence-corrected chi connectivity index (χ2v) is 5.82. The molecule has 0 N–H and O–H groups in total. The molecule has 3 heterocycles. The van der Waals surface area contributed by atoms with Crippen molar-refractivity contribution in [2.24, 2.45) is 5.92 Å². The van der Waals surface area contributed by atoms with Crippen molar-refractivity contribution >= 4 is 11.5 Å². The van der Waals surface area contributed by atoms with Crippen LogP contribution in [0.4, 0.5) is 5.82 Å². The number of rotatable bonds is 2. The van der Waals surface area contributed by atoms with E-state index in [-0.39, 0.29) is 5.92 Å². The SMILES string of the molecule is CCc1cc(N2CCC[C@H](C#N)C2)n2nc(C)c(C)c2n1. The van der Waals surface area contributed by atoms with Crippen LogP contribution in [0, 0.1) is 31.1 Å². The van der Waals surface area contributed by atoms with E-state index in [9.17, 15) is 5.26 Å². The molecule has 0 spiro atoms. The van der Waals surface area contributed by atoms with Crippen molar-refractivity contribution in [3.8, 4) is 6.07 Å².